The summed E-state index contributed by atoms with van der Waals surface area (Å²) >= 11 is 0. The average molecular weight is 277 g/mol. The highest BCUT2D eigenvalue weighted by molar-refractivity contribution is 5.67. The van der Waals surface area contributed by atoms with Crippen LogP contribution in [-0.2, 0) is 4.74 Å². The van der Waals surface area contributed by atoms with Crippen molar-refractivity contribution < 1.29 is 9.53 Å². The van der Waals surface area contributed by atoms with Crippen LogP contribution in [0.25, 0.3) is 0 Å². The smallest absolute Gasteiger partial charge is 0.407 e. The van der Waals surface area contributed by atoms with Gasteiger partial charge in [0, 0.05) is 13.1 Å². The number of hydrogen-bond donors (Lipinski definition) is 3. The van der Waals surface area contributed by atoms with Crippen LogP contribution in [-0.4, -0.2) is 29.8 Å². The molecule has 0 unspecified atom stereocenters. The van der Waals surface area contributed by atoms with Crippen molar-refractivity contribution in [2.45, 2.75) is 26.4 Å². The van der Waals surface area contributed by atoms with Gasteiger partial charge in [-0.15, -0.1) is 0 Å². The largest absolute Gasteiger partial charge is 0.444 e. The Balaban J connectivity index is 2.39. The molecule has 108 valence electrons. The molecule has 7 nitrogen and oxygen atoms in total. The van der Waals surface area contributed by atoms with Crippen molar-refractivity contribution in [3.05, 3.63) is 17.8 Å². The third kappa shape index (κ3) is 5.44. The van der Waals surface area contributed by atoms with Gasteiger partial charge in [-0.2, -0.15) is 5.26 Å². The molecule has 1 heterocycles. The Hall–Kier alpha value is -2.49. The second-order valence-corrected chi connectivity index (χ2v) is 5.13. The fourth-order valence-corrected chi connectivity index (χ4v) is 1.37. The summed E-state index contributed by atoms with van der Waals surface area (Å²) in [5.74, 6) is 0.438. The van der Waals surface area contributed by atoms with E-state index in [0.29, 0.717) is 30.2 Å². The molecule has 0 spiro atoms. The SMILES string of the molecule is CC(C)(C)OC(=O)NCCNc1ncc(N)cc1C#N. The van der Waals surface area contributed by atoms with E-state index in [9.17, 15) is 4.79 Å². The Morgan fingerprint density at radius 1 is 1.50 bits per heavy atom. The molecular weight excluding hydrogens is 258 g/mol. The van der Waals surface area contributed by atoms with Crippen LogP contribution in [0.1, 0.15) is 26.3 Å². The fraction of sp³-hybridized carbons (Fsp3) is 0.462. The van der Waals surface area contributed by atoms with Crippen LogP contribution in [0.4, 0.5) is 16.3 Å². The van der Waals surface area contributed by atoms with Gasteiger partial charge in [0.1, 0.15) is 17.5 Å². The van der Waals surface area contributed by atoms with Crippen molar-refractivity contribution in [2.75, 3.05) is 24.1 Å². The molecule has 0 aromatic carbocycles. The monoisotopic (exact) mass is 277 g/mol. The van der Waals surface area contributed by atoms with Gasteiger partial charge in [-0.25, -0.2) is 9.78 Å². The van der Waals surface area contributed by atoms with Gasteiger partial charge in [0.2, 0.25) is 0 Å². The standard InChI is InChI=1S/C13H19N5O2/c1-13(2,3)20-12(19)17-5-4-16-11-9(7-14)6-10(15)8-18-11/h6,8H,4-5,15H2,1-3H3,(H,16,18)(H,17,19). The van der Waals surface area contributed by atoms with Crippen LogP contribution in [0, 0.1) is 11.3 Å². The van der Waals surface area contributed by atoms with Crippen LogP contribution in [0.15, 0.2) is 12.3 Å². The molecule has 4 N–H and O–H groups in total. The number of carbonyl (C=O) groups excluding carboxylic acids is 1. The predicted octanol–water partition coefficient (Wildman–Crippen LogP) is 1.47. The number of nitrogens with one attached hydrogen (secondary N) is 2. The number of rotatable bonds is 4. The van der Waals surface area contributed by atoms with Gasteiger partial charge >= 0.3 is 6.09 Å². The number of nitriles is 1. The average Bonchev–Trinajstić information content (AvgIpc) is 2.33. The number of hydrogen-bond acceptors (Lipinski definition) is 6. The van der Waals surface area contributed by atoms with Crippen LogP contribution in [0.3, 0.4) is 0 Å². The van der Waals surface area contributed by atoms with Gasteiger partial charge < -0.3 is 21.1 Å². The highest BCUT2D eigenvalue weighted by Crippen LogP contribution is 2.13. The lowest BCUT2D eigenvalue weighted by atomic mass is 10.2. The minimum absolute atomic E-state index is 0.353. The Bertz CT molecular complexity index is 516. The Morgan fingerprint density at radius 2 is 2.20 bits per heavy atom. The molecule has 0 fully saturated rings. The zero-order chi connectivity index (χ0) is 15.2. The first kappa shape index (κ1) is 15.6. The van der Waals surface area contributed by atoms with Crippen LogP contribution >= 0.6 is 0 Å². The number of aromatic nitrogens is 1. The molecule has 0 bridgehead atoms. The summed E-state index contributed by atoms with van der Waals surface area (Å²) in [6.07, 6.45) is 0.981. The van der Waals surface area contributed by atoms with E-state index < -0.39 is 11.7 Å². The summed E-state index contributed by atoms with van der Waals surface area (Å²) in [5, 5.41) is 14.5. The number of nitrogens with zero attached hydrogens (tertiary/aromatic N) is 2. The lowest BCUT2D eigenvalue weighted by molar-refractivity contribution is 0.0530. The Morgan fingerprint density at radius 3 is 2.80 bits per heavy atom. The highest BCUT2D eigenvalue weighted by atomic mass is 16.6. The summed E-state index contributed by atoms with van der Waals surface area (Å²) in [4.78, 5) is 15.4. The number of nitrogen functional groups attached to an aromatic ring is 1. The molecule has 0 atom stereocenters. The third-order valence-electron chi connectivity index (χ3n) is 2.11. The molecular formula is C13H19N5O2. The van der Waals surface area contributed by atoms with E-state index in [2.05, 4.69) is 15.6 Å². The first-order valence-electron chi connectivity index (χ1n) is 6.18. The van der Waals surface area contributed by atoms with Gasteiger partial charge in [0.15, 0.2) is 0 Å². The molecule has 0 radical (unpaired) electrons. The minimum Gasteiger partial charge on any atom is -0.444 e. The molecule has 1 aromatic heterocycles. The summed E-state index contributed by atoms with van der Waals surface area (Å²) in [6.45, 7) is 6.16. The fourth-order valence-electron chi connectivity index (χ4n) is 1.37. The highest BCUT2D eigenvalue weighted by Gasteiger charge is 2.15. The third-order valence-corrected chi connectivity index (χ3v) is 2.11. The molecule has 1 rings (SSSR count). The van der Waals surface area contributed by atoms with Gasteiger partial charge in [-0.05, 0) is 26.8 Å². The molecule has 1 amide bonds. The van der Waals surface area contributed by atoms with Crippen LogP contribution < -0.4 is 16.4 Å². The number of carbonyl (C=O) groups is 1. The van der Waals surface area contributed by atoms with E-state index in [0.717, 1.165) is 0 Å². The minimum atomic E-state index is -0.524. The van der Waals surface area contributed by atoms with Crippen molar-refractivity contribution in [3.8, 4) is 6.07 Å². The van der Waals surface area contributed by atoms with Gasteiger partial charge in [0.25, 0.3) is 0 Å². The van der Waals surface area contributed by atoms with E-state index in [1.807, 2.05) is 6.07 Å². The normalized spacial score (nSPS) is 10.5. The van der Waals surface area contributed by atoms with Crippen LogP contribution in [0.5, 0.6) is 0 Å². The molecule has 7 heteroatoms. The van der Waals surface area contributed by atoms with E-state index in [1.165, 1.54) is 12.3 Å². The lowest BCUT2D eigenvalue weighted by Gasteiger charge is -2.19. The van der Waals surface area contributed by atoms with Gasteiger partial charge in [0.05, 0.1) is 17.4 Å². The zero-order valence-corrected chi connectivity index (χ0v) is 11.9. The second kappa shape index (κ2) is 6.61. The molecule has 0 saturated carbocycles. The quantitative estimate of drug-likeness (QED) is 0.718. The summed E-state index contributed by atoms with van der Waals surface area (Å²) < 4.78 is 5.09. The predicted molar refractivity (Wildman–Crippen MR) is 76.1 cm³/mol. The number of ether oxygens (including phenoxy) is 1. The maximum atomic E-state index is 11.4. The van der Waals surface area contributed by atoms with Crippen molar-refractivity contribution >= 4 is 17.6 Å². The number of nitrogens with two attached hydrogens (primary N) is 1. The molecule has 1 aromatic rings. The second-order valence-electron chi connectivity index (χ2n) is 5.13. The van der Waals surface area contributed by atoms with Gasteiger partial charge in [-0.1, -0.05) is 0 Å². The molecule has 0 aliphatic heterocycles. The van der Waals surface area contributed by atoms with Crippen molar-refractivity contribution in [2.24, 2.45) is 0 Å². The van der Waals surface area contributed by atoms with E-state index >= 15 is 0 Å². The Labute approximate surface area is 118 Å². The molecule has 20 heavy (non-hydrogen) atoms. The Kier molecular flexibility index (Phi) is 5.15. The van der Waals surface area contributed by atoms with E-state index in [-0.39, 0.29) is 0 Å². The first-order valence-corrected chi connectivity index (χ1v) is 6.18. The summed E-state index contributed by atoms with van der Waals surface area (Å²) in [7, 11) is 0. The number of pyridine rings is 1. The summed E-state index contributed by atoms with van der Waals surface area (Å²) in [5.41, 5.74) is 5.81. The zero-order valence-electron chi connectivity index (χ0n) is 11.9. The number of alkyl carbamates (subject to hydrolysis) is 1. The van der Waals surface area contributed by atoms with E-state index in [4.69, 9.17) is 15.7 Å². The van der Waals surface area contributed by atoms with Crippen molar-refractivity contribution in [3.63, 3.8) is 0 Å². The maximum absolute atomic E-state index is 11.4. The summed E-state index contributed by atoms with van der Waals surface area (Å²) in [6, 6.07) is 3.54. The molecule has 0 saturated heterocycles. The van der Waals surface area contributed by atoms with Crippen molar-refractivity contribution in [1.29, 1.82) is 5.26 Å². The lowest BCUT2D eigenvalue weighted by Crippen LogP contribution is -2.35. The number of anilines is 2. The van der Waals surface area contributed by atoms with Gasteiger partial charge in [-0.3, -0.25) is 0 Å². The maximum Gasteiger partial charge on any atom is 0.407 e. The molecule has 0 aliphatic carbocycles. The topological polar surface area (TPSA) is 113 Å². The van der Waals surface area contributed by atoms with Crippen LogP contribution in [0.2, 0.25) is 0 Å². The first-order chi connectivity index (χ1) is 9.31. The molecule has 0 aliphatic rings. The number of amides is 1. The van der Waals surface area contributed by atoms with E-state index in [1.54, 1.807) is 20.8 Å². The van der Waals surface area contributed by atoms with Crippen molar-refractivity contribution in [1.82, 2.24) is 10.3 Å².